The quantitative estimate of drug-likeness (QED) is 0.375. The number of nitrogens with one attached hydrogen (secondary N) is 1. The van der Waals surface area contributed by atoms with E-state index in [0.29, 0.717) is 27.4 Å². The Bertz CT molecular complexity index is 999. The first-order valence-electron chi connectivity index (χ1n) is 7.33. The van der Waals surface area contributed by atoms with E-state index < -0.39 is 11.7 Å². The number of rotatable bonds is 4. The Morgan fingerprint density at radius 1 is 1.32 bits per heavy atom. The van der Waals surface area contributed by atoms with Crippen LogP contribution in [0.2, 0.25) is 5.02 Å². The first kappa shape index (κ1) is 16.9. The molecule has 0 aliphatic carbocycles. The molecule has 1 heterocycles. The van der Waals surface area contributed by atoms with Gasteiger partial charge in [-0.05, 0) is 35.9 Å². The van der Waals surface area contributed by atoms with Gasteiger partial charge in [-0.25, -0.2) is 4.98 Å². The molecule has 0 saturated carbocycles. The molecule has 2 aromatic carbocycles. The molecule has 0 saturated heterocycles. The highest BCUT2D eigenvalue weighted by Crippen LogP contribution is 2.21. The lowest BCUT2D eigenvalue weighted by molar-refractivity contribution is 0.247. The molecular formula is C17H15ClN4O3. The average molecular weight is 359 g/mol. The molecule has 3 aromatic rings. The molecule has 0 bridgehead atoms. The number of hydrazone groups is 1. The van der Waals surface area contributed by atoms with Gasteiger partial charge < -0.3 is 20.7 Å². The van der Waals surface area contributed by atoms with Crippen molar-refractivity contribution in [2.75, 3.05) is 7.11 Å². The number of ether oxygens (including phenoxy) is 1. The number of aliphatic hydroxyl groups excluding tert-OH is 1. The lowest BCUT2D eigenvalue weighted by Gasteiger charge is -2.13. The zero-order valence-electron chi connectivity index (χ0n) is 13.2. The summed E-state index contributed by atoms with van der Waals surface area (Å²) in [6.07, 6.45) is -1.21. The van der Waals surface area contributed by atoms with Crippen molar-refractivity contribution in [3.05, 3.63) is 69.1 Å². The van der Waals surface area contributed by atoms with Gasteiger partial charge in [0.2, 0.25) is 0 Å². The number of aliphatic hydroxyl groups is 1. The average Bonchev–Trinajstić information content (AvgIpc) is 2.62. The van der Waals surface area contributed by atoms with Gasteiger partial charge in [-0.3, -0.25) is 4.79 Å². The third-order valence-corrected chi connectivity index (χ3v) is 3.96. The van der Waals surface area contributed by atoms with Gasteiger partial charge in [0.05, 0.1) is 18.1 Å². The number of hydrogen-bond donors (Lipinski definition) is 3. The van der Waals surface area contributed by atoms with E-state index in [9.17, 15) is 9.90 Å². The van der Waals surface area contributed by atoms with E-state index in [-0.39, 0.29) is 11.4 Å². The number of aromatic amines is 1. The minimum Gasteiger partial charge on any atom is -0.497 e. The second-order valence-corrected chi connectivity index (χ2v) is 5.70. The fourth-order valence-corrected chi connectivity index (χ4v) is 2.61. The standard InChI is InChI=1S/C17H15ClN4O3/c1-25-11-5-2-9(3-6-11)16(23)14(22-19)15-17(24)21-13-8-10(18)4-7-12(13)20-15/h2-8,16,23H,19H2,1H3,(H,21,24)/b22-14+. The lowest BCUT2D eigenvalue weighted by Crippen LogP contribution is -2.26. The molecule has 0 radical (unpaired) electrons. The van der Waals surface area contributed by atoms with E-state index in [2.05, 4.69) is 15.1 Å². The van der Waals surface area contributed by atoms with Crippen LogP contribution in [0.5, 0.6) is 5.75 Å². The van der Waals surface area contributed by atoms with Gasteiger partial charge in [0.25, 0.3) is 5.56 Å². The number of methoxy groups -OCH3 is 1. The van der Waals surface area contributed by atoms with E-state index in [1.807, 2.05) is 0 Å². The van der Waals surface area contributed by atoms with Crippen LogP contribution < -0.4 is 16.1 Å². The second-order valence-electron chi connectivity index (χ2n) is 5.27. The van der Waals surface area contributed by atoms with E-state index in [0.717, 1.165) is 0 Å². The van der Waals surface area contributed by atoms with E-state index in [4.69, 9.17) is 22.2 Å². The Balaban J connectivity index is 2.05. The number of aromatic nitrogens is 2. The van der Waals surface area contributed by atoms with Crippen LogP contribution in [0.25, 0.3) is 11.0 Å². The van der Waals surface area contributed by atoms with Crippen LogP contribution in [-0.2, 0) is 0 Å². The minimum absolute atomic E-state index is 0.0386. The number of halogens is 1. The normalized spacial score (nSPS) is 13.0. The van der Waals surface area contributed by atoms with Crippen LogP contribution in [0.3, 0.4) is 0 Å². The topological polar surface area (TPSA) is 114 Å². The molecule has 1 atom stereocenters. The van der Waals surface area contributed by atoms with Crippen LogP contribution in [0.1, 0.15) is 17.4 Å². The van der Waals surface area contributed by atoms with Crippen molar-refractivity contribution in [1.82, 2.24) is 9.97 Å². The maximum atomic E-state index is 12.4. The predicted octanol–water partition coefficient (Wildman–Crippen LogP) is 1.98. The molecule has 0 amide bonds. The number of fused-ring (bicyclic) bond motifs is 1. The van der Waals surface area contributed by atoms with Crippen molar-refractivity contribution in [2.45, 2.75) is 6.10 Å². The molecule has 4 N–H and O–H groups in total. The Labute approximate surface area is 147 Å². The summed E-state index contributed by atoms with van der Waals surface area (Å²) in [6, 6.07) is 11.6. The summed E-state index contributed by atoms with van der Waals surface area (Å²) >= 11 is 5.91. The molecule has 1 unspecified atom stereocenters. The smallest absolute Gasteiger partial charge is 0.276 e. The predicted molar refractivity (Wildman–Crippen MR) is 96.1 cm³/mol. The third kappa shape index (κ3) is 3.33. The Hall–Kier alpha value is -2.90. The number of nitrogens with zero attached hydrogens (tertiary/aromatic N) is 2. The van der Waals surface area contributed by atoms with Crippen molar-refractivity contribution < 1.29 is 9.84 Å². The molecule has 0 aliphatic rings. The summed E-state index contributed by atoms with van der Waals surface area (Å²) in [6.45, 7) is 0. The summed E-state index contributed by atoms with van der Waals surface area (Å²) in [4.78, 5) is 19.3. The minimum atomic E-state index is -1.21. The molecule has 0 spiro atoms. The highest BCUT2D eigenvalue weighted by molar-refractivity contribution is 6.31. The molecule has 0 aliphatic heterocycles. The molecule has 0 fully saturated rings. The highest BCUT2D eigenvalue weighted by Gasteiger charge is 2.22. The number of H-pyrrole nitrogens is 1. The Kier molecular flexibility index (Phi) is 4.69. The number of benzene rings is 2. The fraction of sp³-hybridized carbons (Fsp3) is 0.118. The summed E-state index contributed by atoms with van der Waals surface area (Å²) < 4.78 is 5.08. The van der Waals surface area contributed by atoms with Gasteiger partial charge in [0.1, 0.15) is 17.6 Å². The van der Waals surface area contributed by atoms with Crippen LogP contribution in [0, 0.1) is 0 Å². The summed E-state index contributed by atoms with van der Waals surface area (Å²) in [5, 5.41) is 14.6. The van der Waals surface area contributed by atoms with Crippen molar-refractivity contribution in [2.24, 2.45) is 10.9 Å². The second kappa shape index (κ2) is 6.92. The lowest BCUT2D eigenvalue weighted by atomic mass is 10.0. The van der Waals surface area contributed by atoms with Gasteiger partial charge in [-0.15, -0.1) is 0 Å². The van der Waals surface area contributed by atoms with Gasteiger partial charge in [-0.2, -0.15) is 5.10 Å². The van der Waals surface area contributed by atoms with Crippen molar-refractivity contribution in [1.29, 1.82) is 0 Å². The molecule has 8 heteroatoms. The van der Waals surface area contributed by atoms with Gasteiger partial charge in [0, 0.05) is 5.02 Å². The van der Waals surface area contributed by atoms with Crippen molar-refractivity contribution in [3.8, 4) is 5.75 Å². The summed E-state index contributed by atoms with van der Waals surface area (Å²) in [5.74, 6) is 6.07. The number of nitrogens with two attached hydrogens (primary N) is 1. The molecule has 128 valence electrons. The number of hydrogen-bond acceptors (Lipinski definition) is 6. The zero-order valence-corrected chi connectivity index (χ0v) is 14.0. The highest BCUT2D eigenvalue weighted by atomic mass is 35.5. The van der Waals surface area contributed by atoms with Gasteiger partial charge in [0.15, 0.2) is 5.69 Å². The first-order valence-corrected chi connectivity index (χ1v) is 7.71. The molecule has 1 aromatic heterocycles. The van der Waals surface area contributed by atoms with E-state index >= 15 is 0 Å². The van der Waals surface area contributed by atoms with Gasteiger partial charge in [-0.1, -0.05) is 23.7 Å². The Morgan fingerprint density at radius 3 is 2.68 bits per heavy atom. The van der Waals surface area contributed by atoms with Crippen LogP contribution in [0.4, 0.5) is 0 Å². The fourth-order valence-electron chi connectivity index (χ4n) is 2.44. The largest absolute Gasteiger partial charge is 0.497 e. The molecule has 7 nitrogen and oxygen atoms in total. The third-order valence-electron chi connectivity index (χ3n) is 3.73. The van der Waals surface area contributed by atoms with E-state index in [1.165, 1.54) is 0 Å². The van der Waals surface area contributed by atoms with Crippen LogP contribution in [-0.4, -0.2) is 27.9 Å². The molecule has 3 rings (SSSR count). The summed E-state index contributed by atoms with van der Waals surface area (Å²) in [5.41, 5.74) is 0.872. The maximum Gasteiger partial charge on any atom is 0.276 e. The SMILES string of the molecule is COc1ccc(C(O)/C(=N/N)c2nc3ccc(Cl)cc3[nH]c2=O)cc1. The van der Waals surface area contributed by atoms with Crippen molar-refractivity contribution >= 4 is 28.3 Å². The first-order chi connectivity index (χ1) is 12.0. The summed E-state index contributed by atoms with van der Waals surface area (Å²) in [7, 11) is 1.54. The monoisotopic (exact) mass is 358 g/mol. The van der Waals surface area contributed by atoms with Crippen molar-refractivity contribution in [3.63, 3.8) is 0 Å². The van der Waals surface area contributed by atoms with Gasteiger partial charge >= 0.3 is 0 Å². The van der Waals surface area contributed by atoms with E-state index in [1.54, 1.807) is 49.6 Å². The van der Waals surface area contributed by atoms with Crippen LogP contribution >= 0.6 is 11.6 Å². The Morgan fingerprint density at radius 2 is 2.04 bits per heavy atom. The maximum absolute atomic E-state index is 12.4. The zero-order chi connectivity index (χ0) is 18.0. The molecule has 25 heavy (non-hydrogen) atoms. The molecular weight excluding hydrogens is 344 g/mol. The van der Waals surface area contributed by atoms with Crippen LogP contribution in [0.15, 0.2) is 52.4 Å².